The van der Waals surface area contributed by atoms with Gasteiger partial charge in [0.15, 0.2) is 0 Å². The van der Waals surface area contributed by atoms with Crippen LogP contribution >= 0.6 is 11.6 Å². The summed E-state index contributed by atoms with van der Waals surface area (Å²) < 4.78 is 23.6. The Balaban J connectivity index is 3.18. The first kappa shape index (κ1) is 12.9. The van der Waals surface area contributed by atoms with Crippen molar-refractivity contribution in [3.05, 3.63) is 11.6 Å². The molecule has 0 bridgehead atoms. The summed E-state index contributed by atoms with van der Waals surface area (Å²) in [6.07, 6.45) is 3.70. The highest BCUT2D eigenvalue weighted by molar-refractivity contribution is 7.88. The van der Waals surface area contributed by atoms with E-state index in [0.29, 0.717) is 13.1 Å². The molecule has 0 fully saturated rings. The molecule has 0 aliphatic heterocycles. The van der Waals surface area contributed by atoms with Crippen LogP contribution in [0.1, 0.15) is 6.42 Å². The van der Waals surface area contributed by atoms with Crippen molar-refractivity contribution in [1.82, 2.24) is 10.0 Å². The maximum absolute atomic E-state index is 10.6. The van der Waals surface area contributed by atoms with Gasteiger partial charge in [0.25, 0.3) is 0 Å². The zero-order valence-electron chi connectivity index (χ0n) is 7.59. The third kappa shape index (κ3) is 11.9. The van der Waals surface area contributed by atoms with E-state index in [2.05, 4.69) is 10.0 Å². The largest absolute Gasteiger partial charge is 0.313 e. The van der Waals surface area contributed by atoms with E-state index in [0.717, 1.165) is 19.2 Å². The van der Waals surface area contributed by atoms with Crippen LogP contribution in [0.15, 0.2) is 11.6 Å². The normalized spacial score (nSPS) is 12.5. The van der Waals surface area contributed by atoms with Gasteiger partial charge in [0.2, 0.25) is 10.0 Å². The Kier molecular flexibility index (Phi) is 7.26. The van der Waals surface area contributed by atoms with E-state index in [1.807, 2.05) is 0 Å². The van der Waals surface area contributed by atoms with Crippen molar-refractivity contribution < 1.29 is 8.42 Å². The molecule has 0 saturated carbocycles. The summed E-state index contributed by atoms with van der Waals surface area (Å²) in [5, 5.41) is 3.07. The van der Waals surface area contributed by atoms with E-state index < -0.39 is 10.0 Å². The van der Waals surface area contributed by atoms with E-state index >= 15 is 0 Å². The van der Waals surface area contributed by atoms with Gasteiger partial charge in [0.05, 0.1) is 6.26 Å². The monoisotopic (exact) mass is 226 g/mol. The predicted molar refractivity (Wildman–Crippen MR) is 55.3 cm³/mol. The predicted octanol–water partition coefficient (Wildman–Crippen LogP) is 0.268. The Morgan fingerprint density at radius 3 is 2.62 bits per heavy atom. The molecular weight excluding hydrogens is 212 g/mol. The van der Waals surface area contributed by atoms with Crippen molar-refractivity contribution >= 4 is 21.6 Å². The van der Waals surface area contributed by atoms with Gasteiger partial charge in [0.1, 0.15) is 0 Å². The lowest BCUT2D eigenvalue weighted by molar-refractivity contribution is 0.582. The van der Waals surface area contributed by atoms with Crippen molar-refractivity contribution in [2.45, 2.75) is 6.42 Å². The van der Waals surface area contributed by atoms with Gasteiger partial charge in [-0.05, 0) is 13.0 Å². The number of sulfonamides is 1. The Hall–Kier alpha value is -0.100. The highest BCUT2D eigenvalue weighted by atomic mass is 35.5. The summed E-state index contributed by atoms with van der Waals surface area (Å²) in [6, 6.07) is 0. The lowest BCUT2D eigenvalue weighted by atomic mass is 10.4. The molecule has 0 saturated heterocycles. The van der Waals surface area contributed by atoms with Gasteiger partial charge in [-0.3, -0.25) is 0 Å². The summed E-state index contributed by atoms with van der Waals surface area (Å²) in [6.45, 7) is 1.95. The van der Waals surface area contributed by atoms with Crippen LogP contribution in [0.5, 0.6) is 0 Å². The molecule has 4 nitrogen and oxygen atoms in total. The molecule has 0 aromatic carbocycles. The smallest absolute Gasteiger partial charge is 0.208 e. The van der Waals surface area contributed by atoms with Crippen molar-refractivity contribution in [3.8, 4) is 0 Å². The topological polar surface area (TPSA) is 58.2 Å². The number of nitrogens with one attached hydrogen (secondary N) is 2. The highest BCUT2D eigenvalue weighted by Crippen LogP contribution is 1.79. The standard InChI is InChI=1S/C7H15ClN2O2S/c1-13(11,12)10-7-3-6-9-5-2-4-8/h2,4,9-10H,3,5-7H2,1H3/b4-2+. The van der Waals surface area contributed by atoms with Crippen molar-refractivity contribution in [2.75, 3.05) is 25.9 Å². The maximum Gasteiger partial charge on any atom is 0.208 e. The first-order chi connectivity index (χ1) is 6.06. The molecule has 0 aromatic heterocycles. The van der Waals surface area contributed by atoms with E-state index in [1.54, 1.807) is 6.08 Å². The Morgan fingerprint density at radius 1 is 1.38 bits per heavy atom. The van der Waals surface area contributed by atoms with Crippen molar-refractivity contribution in [2.24, 2.45) is 0 Å². The van der Waals surface area contributed by atoms with Gasteiger partial charge < -0.3 is 5.32 Å². The van der Waals surface area contributed by atoms with E-state index in [1.165, 1.54) is 5.54 Å². The van der Waals surface area contributed by atoms with Crippen LogP contribution in [0, 0.1) is 0 Å². The molecule has 0 heterocycles. The second-order valence-corrected chi connectivity index (χ2v) is 4.67. The van der Waals surface area contributed by atoms with Crippen molar-refractivity contribution in [3.63, 3.8) is 0 Å². The summed E-state index contributed by atoms with van der Waals surface area (Å²) >= 11 is 5.29. The van der Waals surface area contributed by atoms with Gasteiger partial charge >= 0.3 is 0 Å². The van der Waals surface area contributed by atoms with E-state index in [-0.39, 0.29) is 0 Å². The SMILES string of the molecule is CS(=O)(=O)NCCCNC/C=C/Cl. The molecule has 0 unspecified atom stereocenters. The first-order valence-corrected chi connectivity index (χ1v) is 6.29. The fraction of sp³-hybridized carbons (Fsp3) is 0.714. The molecule has 0 amide bonds. The first-order valence-electron chi connectivity index (χ1n) is 3.97. The second-order valence-electron chi connectivity index (χ2n) is 2.59. The molecule has 0 rings (SSSR count). The van der Waals surface area contributed by atoms with Gasteiger partial charge in [-0.25, -0.2) is 13.1 Å². The van der Waals surface area contributed by atoms with Crippen molar-refractivity contribution in [1.29, 1.82) is 0 Å². The minimum Gasteiger partial charge on any atom is -0.313 e. The lowest BCUT2D eigenvalue weighted by Crippen LogP contribution is -2.26. The van der Waals surface area contributed by atoms with Crippen LogP contribution in [0.2, 0.25) is 0 Å². The third-order valence-corrected chi connectivity index (χ3v) is 2.15. The molecule has 2 N–H and O–H groups in total. The molecule has 0 aliphatic rings. The van der Waals surface area contributed by atoms with Crippen LogP contribution in [0.4, 0.5) is 0 Å². The average molecular weight is 227 g/mol. The summed E-state index contributed by atoms with van der Waals surface area (Å²) in [4.78, 5) is 0. The maximum atomic E-state index is 10.6. The molecule has 6 heteroatoms. The summed E-state index contributed by atoms with van der Waals surface area (Å²) in [7, 11) is -3.03. The van der Waals surface area contributed by atoms with Crippen LogP contribution < -0.4 is 10.0 Å². The number of hydrogen-bond donors (Lipinski definition) is 2. The Morgan fingerprint density at radius 2 is 2.08 bits per heavy atom. The van der Waals surface area contributed by atoms with E-state index in [4.69, 9.17) is 11.6 Å². The molecule has 78 valence electrons. The minimum atomic E-state index is -3.03. The Labute approximate surface area is 84.4 Å². The fourth-order valence-electron chi connectivity index (χ4n) is 0.701. The summed E-state index contributed by atoms with van der Waals surface area (Å²) in [5.74, 6) is 0. The average Bonchev–Trinajstić information content (AvgIpc) is 2.01. The quantitative estimate of drug-likeness (QED) is 0.613. The lowest BCUT2D eigenvalue weighted by Gasteiger charge is -2.02. The van der Waals surface area contributed by atoms with Crippen LogP contribution in [0.3, 0.4) is 0 Å². The second kappa shape index (κ2) is 7.32. The van der Waals surface area contributed by atoms with Gasteiger partial charge in [-0.2, -0.15) is 0 Å². The van der Waals surface area contributed by atoms with Crippen LogP contribution in [0.25, 0.3) is 0 Å². The minimum absolute atomic E-state index is 0.469. The molecule has 13 heavy (non-hydrogen) atoms. The molecule has 0 atom stereocenters. The van der Waals surface area contributed by atoms with E-state index in [9.17, 15) is 8.42 Å². The number of hydrogen-bond acceptors (Lipinski definition) is 3. The number of halogens is 1. The van der Waals surface area contributed by atoms with Gasteiger partial charge in [-0.1, -0.05) is 17.7 Å². The number of rotatable bonds is 7. The fourth-order valence-corrected chi connectivity index (χ4v) is 1.31. The molecule has 0 spiro atoms. The van der Waals surface area contributed by atoms with Gasteiger partial charge in [0, 0.05) is 18.6 Å². The van der Waals surface area contributed by atoms with Gasteiger partial charge in [-0.15, -0.1) is 0 Å². The molecule has 0 radical (unpaired) electrons. The zero-order valence-corrected chi connectivity index (χ0v) is 9.16. The molecule has 0 aromatic rings. The Bertz CT molecular complexity index is 239. The van der Waals surface area contributed by atoms with Crippen LogP contribution in [-0.4, -0.2) is 34.3 Å². The molecular formula is C7H15ClN2O2S. The zero-order chi connectivity index (χ0) is 10.2. The summed E-state index contributed by atoms with van der Waals surface area (Å²) in [5.41, 5.74) is 1.45. The molecule has 0 aliphatic carbocycles. The highest BCUT2D eigenvalue weighted by Gasteiger charge is 1.97. The third-order valence-electron chi connectivity index (χ3n) is 1.25. The van der Waals surface area contributed by atoms with Crippen LogP contribution in [-0.2, 0) is 10.0 Å².